The molecule has 1 aromatic carbocycles. The lowest BCUT2D eigenvalue weighted by molar-refractivity contribution is 0.405. The summed E-state index contributed by atoms with van der Waals surface area (Å²) < 4.78 is 0. The Balaban J connectivity index is 2.11. The van der Waals surface area contributed by atoms with E-state index in [2.05, 4.69) is 29.3 Å². The maximum absolute atomic E-state index is 5.96. The van der Waals surface area contributed by atoms with Crippen LogP contribution in [0.4, 0.5) is 11.5 Å². The van der Waals surface area contributed by atoms with Crippen molar-refractivity contribution in [1.82, 2.24) is 9.88 Å². The number of fused-ring (bicyclic) bond motifs is 1. The Morgan fingerprint density at radius 3 is 2.83 bits per heavy atom. The molecule has 0 fully saturated rings. The van der Waals surface area contributed by atoms with Crippen molar-refractivity contribution in [3.63, 3.8) is 0 Å². The van der Waals surface area contributed by atoms with Crippen molar-refractivity contribution in [3.8, 4) is 0 Å². The fraction of sp³-hybridized carbons (Fsp3) is 0.357. The van der Waals surface area contributed by atoms with E-state index in [9.17, 15) is 0 Å². The van der Waals surface area contributed by atoms with E-state index in [1.165, 1.54) is 0 Å². The first-order valence-electron chi connectivity index (χ1n) is 6.20. The topological polar surface area (TPSA) is 54.2 Å². The summed E-state index contributed by atoms with van der Waals surface area (Å²) >= 11 is 0. The molecular weight excluding hydrogens is 224 g/mol. The van der Waals surface area contributed by atoms with Gasteiger partial charge in [0.05, 0.1) is 0 Å². The van der Waals surface area contributed by atoms with Gasteiger partial charge in [0.2, 0.25) is 0 Å². The second kappa shape index (κ2) is 5.69. The van der Waals surface area contributed by atoms with Gasteiger partial charge >= 0.3 is 0 Å². The van der Waals surface area contributed by atoms with Gasteiger partial charge in [-0.25, -0.2) is 4.98 Å². The first-order chi connectivity index (χ1) is 8.68. The highest BCUT2D eigenvalue weighted by molar-refractivity contribution is 5.99. The number of hydrogen-bond acceptors (Lipinski definition) is 4. The molecule has 0 saturated heterocycles. The highest BCUT2D eigenvalue weighted by atomic mass is 15.1. The number of nitrogen functional groups attached to an aromatic ring is 1. The van der Waals surface area contributed by atoms with Crippen LogP contribution < -0.4 is 11.1 Å². The number of rotatable bonds is 5. The molecule has 2 aromatic rings. The molecule has 0 radical (unpaired) electrons. The normalized spacial score (nSPS) is 11.1. The van der Waals surface area contributed by atoms with Crippen LogP contribution in [0.25, 0.3) is 10.8 Å². The van der Waals surface area contributed by atoms with Crippen LogP contribution >= 0.6 is 0 Å². The molecule has 1 heterocycles. The number of aromatic nitrogens is 1. The first-order valence-corrected chi connectivity index (χ1v) is 6.20. The van der Waals surface area contributed by atoms with Gasteiger partial charge in [0, 0.05) is 29.2 Å². The van der Waals surface area contributed by atoms with Gasteiger partial charge < -0.3 is 16.0 Å². The zero-order valence-corrected chi connectivity index (χ0v) is 11.0. The number of benzene rings is 1. The predicted molar refractivity (Wildman–Crippen MR) is 77.8 cm³/mol. The van der Waals surface area contributed by atoms with Crippen LogP contribution in [-0.2, 0) is 0 Å². The minimum atomic E-state index is 0.797. The Morgan fingerprint density at radius 2 is 2.06 bits per heavy atom. The van der Waals surface area contributed by atoms with Crippen LogP contribution in [0.15, 0.2) is 30.5 Å². The summed E-state index contributed by atoms with van der Waals surface area (Å²) in [5.74, 6) is 0.915. The van der Waals surface area contributed by atoms with Gasteiger partial charge in [0.25, 0.3) is 0 Å². The minimum Gasteiger partial charge on any atom is -0.398 e. The first kappa shape index (κ1) is 12.6. The number of anilines is 2. The molecule has 3 N–H and O–H groups in total. The molecule has 0 amide bonds. The molecule has 0 atom stereocenters. The van der Waals surface area contributed by atoms with Gasteiger partial charge in [-0.3, -0.25) is 0 Å². The standard InChI is InChI=1S/C14H20N4/c1-18(2)10-4-8-16-14-12-5-3-6-13(15)11(12)7-9-17-14/h3,5-7,9H,4,8,10,15H2,1-2H3,(H,16,17). The molecule has 0 aliphatic heterocycles. The summed E-state index contributed by atoms with van der Waals surface area (Å²) in [5.41, 5.74) is 6.75. The van der Waals surface area contributed by atoms with Crippen LogP contribution in [0.5, 0.6) is 0 Å². The van der Waals surface area contributed by atoms with Crippen molar-refractivity contribution in [3.05, 3.63) is 30.5 Å². The molecule has 0 unspecified atom stereocenters. The smallest absolute Gasteiger partial charge is 0.133 e. The van der Waals surface area contributed by atoms with E-state index in [1.807, 2.05) is 24.3 Å². The van der Waals surface area contributed by atoms with Crippen molar-refractivity contribution >= 4 is 22.3 Å². The summed E-state index contributed by atoms with van der Waals surface area (Å²) in [6.45, 7) is 1.99. The van der Waals surface area contributed by atoms with E-state index < -0.39 is 0 Å². The quantitative estimate of drug-likeness (QED) is 0.625. The van der Waals surface area contributed by atoms with Crippen molar-refractivity contribution in [2.45, 2.75) is 6.42 Å². The third-order valence-corrected chi connectivity index (χ3v) is 2.91. The zero-order valence-electron chi connectivity index (χ0n) is 11.0. The van der Waals surface area contributed by atoms with E-state index in [4.69, 9.17) is 5.73 Å². The molecule has 96 valence electrons. The van der Waals surface area contributed by atoms with Crippen molar-refractivity contribution in [2.24, 2.45) is 0 Å². The highest BCUT2D eigenvalue weighted by Crippen LogP contribution is 2.25. The van der Waals surface area contributed by atoms with Crippen LogP contribution in [0.1, 0.15) is 6.42 Å². The SMILES string of the molecule is CN(C)CCCNc1nccc2c(N)cccc12. The molecular formula is C14H20N4. The highest BCUT2D eigenvalue weighted by Gasteiger charge is 2.03. The number of nitrogens with one attached hydrogen (secondary N) is 1. The Kier molecular flexibility index (Phi) is 3.99. The zero-order chi connectivity index (χ0) is 13.0. The molecule has 4 heteroatoms. The molecule has 0 saturated carbocycles. The fourth-order valence-electron chi connectivity index (χ4n) is 1.97. The number of nitrogens with two attached hydrogens (primary N) is 1. The van der Waals surface area contributed by atoms with Crippen LogP contribution in [-0.4, -0.2) is 37.1 Å². The van der Waals surface area contributed by atoms with Crippen LogP contribution in [0.3, 0.4) is 0 Å². The second-order valence-electron chi connectivity index (χ2n) is 4.69. The van der Waals surface area contributed by atoms with Gasteiger partial charge in [-0.2, -0.15) is 0 Å². The molecule has 0 aliphatic carbocycles. The van der Waals surface area contributed by atoms with Crippen molar-refractivity contribution in [2.75, 3.05) is 38.2 Å². The minimum absolute atomic E-state index is 0.797. The summed E-state index contributed by atoms with van der Waals surface area (Å²) in [5, 5.41) is 5.52. The van der Waals surface area contributed by atoms with Crippen LogP contribution in [0.2, 0.25) is 0 Å². The Morgan fingerprint density at radius 1 is 1.22 bits per heavy atom. The molecule has 0 aliphatic rings. The van der Waals surface area contributed by atoms with Crippen molar-refractivity contribution in [1.29, 1.82) is 0 Å². The summed E-state index contributed by atoms with van der Waals surface area (Å²) in [7, 11) is 4.16. The summed E-state index contributed by atoms with van der Waals surface area (Å²) in [6, 6.07) is 7.88. The van der Waals surface area contributed by atoms with Gasteiger partial charge in [-0.05, 0) is 39.2 Å². The molecule has 0 bridgehead atoms. The Labute approximate surface area is 108 Å². The summed E-state index contributed by atoms with van der Waals surface area (Å²) in [4.78, 5) is 6.56. The van der Waals surface area contributed by atoms with E-state index in [1.54, 1.807) is 6.20 Å². The molecule has 1 aromatic heterocycles. The summed E-state index contributed by atoms with van der Waals surface area (Å²) in [6.07, 6.45) is 2.89. The Bertz CT molecular complexity index is 522. The lowest BCUT2D eigenvalue weighted by Crippen LogP contribution is -2.16. The monoisotopic (exact) mass is 244 g/mol. The van der Waals surface area contributed by atoms with Gasteiger partial charge in [-0.1, -0.05) is 12.1 Å². The molecule has 2 rings (SSSR count). The largest absolute Gasteiger partial charge is 0.398 e. The average Bonchev–Trinajstić information content (AvgIpc) is 2.35. The number of hydrogen-bond donors (Lipinski definition) is 2. The van der Waals surface area contributed by atoms with Crippen LogP contribution in [0, 0.1) is 0 Å². The van der Waals surface area contributed by atoms with E-state index in [-0.39, 0.29) is 0 Å². The fourth-order valence-corrected chi connectivity index (χ4v) is 1.97. The van der Waals surface area contributed by atoms with Gasteiger partial charge in [0.15, 0.2) is 0 Å². The third kappa shape index (κ3) is 2.90. The molecule has 4 nitrogen and oxygen atoms in total. The van der Waals surface area contributed by atoms with Gasteiger partial charge in [0.1, 0.15) is 5.82 Å². The Hall–Kier alpha value is -1.81. The third-order valence-electron chi connectivity index (χ3n) is 2.91. The molecule has 0 spiro atoms. The van der Waals surface area contributed by atoms with E-state index in [0.29, 0.717) is 0 Å². The lowest BCUT2D eigenvalue weighted by Gasteiger charge is -2.12. The van der Waals surface area contributed by atoms with Gasteiger partial charge in [-0.15, -0.1) is 0 Å². The van der Waals surface area contributed by atoms with E-state index >= 15 is 0 Å². The maximum Gasteiger partial charge on any atom is 0.133 e. The molecule has 18 heavy (non-hydrogen) atoms. The predicted octanol–water partition coefficient (Wildman–Crippen LogP) is 2.18. The van der Waals surface area contributed by atoms with E-state index in [0.717, 1.165) is 41.8 Å². The number of pyridine rings is 1. The maximum atomic E-state index is 5.96. The second-order valence-corrected chi connectivity index (χ2v) is 4.69. The average molecular weight is 244 g/mol. The number of nitrogens with zero attached hydrogens (tertiary/aromatic N) is 2. The lowest BCUT2D eigenvalue weighted by atomic mass is 10.1. The van der Waals surface area contributed by atoms with Crippen molar-refractivity contribution < 1.29 is 0 Å².